The van der Waals surface area contributed by atoms with Gasteiger partial charge in [0.25, 0.3) is 0 Å². The van der Waals surface area contributed by atoms with Gasteiger partial charge in [0.15, 0.2) is 0 Å². The van der Waals surface area contributed by atoms with Crippen molar-refractivity contribution in [3.8, 4) is 0 Å². The Balaban J connectivity index is 0.00000220. The second-order valence-electron chi connectivity index (χ2n) is 5.97. The van der Waals surface area contributed by atoms with Gasteiger partial charge < -0.3 is 11.1 Å². The van der Waals surface area contributed by atoms with Gasteiger partial charge in [0.1, 0.15) is 0 Å². The average Bonchev–Trinajstić information content (AvgIpc) is 2.40. The van der Waals surface area contributed by atoms with Gasteiger partial charge in [-0.15, -0.1) is 12.4 Å². The Labute approximate surface area is 138 Å². The SMILES string of the molecule is CC1(N)CCCCC1C(=O)NCCc1ccc(Cl)cc1.Cl. The number of carbonyl (C=O) groups is 1. The van der Waals surface area contributed by atoms with E-state index in [1.165, 1.54) is 5.56 Å². The minimum absolute atomic E-state index is 0. The van der Waals surface area contributed by atoms with Crippen LogP contribution in [-0.4, -0.2) is 18.0 Å². The molecule has 0 aliphatic heterocycles. The third kappa shape index (κ3) is 5.17. The van der Waals surface area contributed by atoms with E-state index in [4.69, 9.17) is 17.3 Å². The fraction of sp³-hybridized carbons (Fsp3) is 0.562. The predicted octanol–water partition coefficient (Wildman–Crippen LogP) is 3.33. The maximum absolute atomic E-state index is 12.2. The normalized spacial score (nSPS) is 25.0. The summed E-state index contributed by atoms with van der Waals surface area (Å²) in [6.07, 6.45) is 4.88. The Morgan fingerprint density at radius 2 is 2.05 bits per heavy atom. The highest BCUT2D eigenvalue weighted by Gasteiger charge is 2.37. The Morgan fingerprint density at radius 3 is 2.67 bits per heavy atom. The molecule has 1 aromatic rings. The average molecular weight is 331 g/mol. The first kappa shape index (κ1) is 18.3. The van der Waals surface area contributed by atoms with E-state index in [0.717, 1.165) is 37.1 Å². The molecule has 0 radical (unpaired) electrons. The Morgan fingerprint density at radius 1 is 1.38 bits per heavy atom. The molecule has 0 spiro atoms. The van der Waals surface area contributed by atoms with Gasteiger partial charge in [0.05, 0.1) is 5.92 Å². The maximum atomic E-state index is 12.2. The number of carbonyl (C=O) groups excluding carboxylic acids is 1. The van der Waals surface area contributed by atoms with Crippen LogP contribution < -0.4 is 11.1 Å². The summed E-state index contributed by atoms with van der Waals surface area (Å²) in [6.45, 7) is 2.64. The molecule has 1 fully saturated rings. The van der Waals surface area contributed by atoms with E-state index in [9.17, 15) is 4.79 Å². The molecule has 2 rings (SSSR count). The molecule has 118 valence electrons. The number of nitrogens with two attached hydrogens (primary N) is 1. The lowest BCUT2D eigenvalue weighted by Crippen LogP contribution is -2.53. The highest BCUT2D eigenvalue weighted by molar-refractivity contribution is 6.30. The van der Waals surface area contributed by atoms with Crippen LogP contribution in [0, 0.1) is 5.92 Å². The molecule has 3 nitrogen and oxygen atoms in total. The Hall–Kier alpha value is -0.770. The maximum Gasteiger partial charge on any atom is 0.224 e. The van der Waals surface area contributed by atoms with E-state index in [1.54, 1.807) is 0 Å². The van der Waals surface area contributed by atoms with E-state index >= 15 is 0 Å². The van der Waals surface area contributed by atoms with Crippen LogP contribution in [-0.2, 0) is 11.2 Å². The molecular formula is C16H24Cl2N2O. The van der Waals surface area contributed by atoms with E-state index in [1.807, 2.05) is 31.2 Å². The van der Waals surface area contributed by atoms with E-state index < -0.39 is 0 Å². The first-order chi connectivity index (χ1) is 9.49. The van der Waals surface area contributed by atoms with Crippen LogP contribution in [0.2, 0.25) is 5.02 Å². The standard InChI is InChI=1S/C16H23ClN2O.ClH/c1-16(18)10-3-2-4-14(16)15(20)19-11-9-12-5-7-13(17)8-6-12;/h5-8,14H,2-4,9-11,18H2,1H3,(H,19,20);1H. The van der Waals surface area contributed by atoms with Gasteiger partial charge in [0.2, 0.25) is 5.91 Å². The highest BCUT2D eigenvalue weighted by Crippen LogP contribution is 2.31. The van der Waals surface area contributed by atoms with Crippen LogP contribution in [0.3, 0.4) is 0 Å². The van der Waals surface area contributed by atoms with E-state index in [2.05, 4.69) is 5.32 Å². The number of hydrogen-bond donors (Lipinski definition) is 2. The van der Waals surface area contributed by atoms with Crippen molar-refractivity contribution in [1.29, 1.82) is 0 Å². The molecule has 0 aromatic heterocycles. The molecule has 0 bridgehead atoms. The summed E-state index contributed by atoms with van der Waals surface area (Å²) in [7, 11) is 0. The van der Waals surface area contributed by atoms with Crippen LogP contribution in [0.1, 0.15) is 38.2 Å². The van der Waals surface area contributed by atoms with Crippen molar-refractivity contribution >= 4 is 29.9 Å². The Bertz CT molecular complexity index is 460. The summed E-state index contributed by atoms with van der Waals surface area (Å²) >= 11 is 5.85. The number of benzene rings is 1. The van der Waals surface area contributed by atoms with Crippen LogP contribution in [0.25, 0.3) is 0 Å². The summed E-state index contributed by atoms with van der Waals surface area (Å²) < 4.78 is 0. The second-order valence-corrected chi connectivity index (χ2v) is 6.41. The molecule has 1 aliphatic carbocycles. The number of nitrogens with one attached hydrogen (secondary N) is 1. The monoisotopic (exact) mass is 330 g/mol. The number of amides is 1. The van der Waals surface area contributed by atoms with E-state index in [0.29, 0.717) is 6.54 Å². The molecule has 21 heavy (non-hydrogen) atoms. The molecular weight excluding hydrogens is 307 g/mol. The van der Waals surface area contributed by atoms with Crippen LogP contribution in [0.4, 0.5) is 0 Å². The summed E-state index contributed by atoms with van der Waals surface area (Å²) in [5.74, 6) is 0.0464. The minimum atomic E-state index is -0.359. The fourth-order valence-corrected chi connectivity index (χ4v) is 3.02. The summed E-state index contributed by atoms with van der Waals surface area (Å²) in [5, 5.41) is 3.75. The first-order valence-corrected chi connectivity index (χ1v) is 7.68. The molecule has 1 aliphatic rings. The van der Waals surface area contributed by atoms with Crippen LogP contribution in [0.5, 0.6) is 0 Å². The first-order valence-electron chi connectivity index (χ1n) is 7.30. The predicted molar refractivity (Wildman–Crippen MR) is 90.0 cm³/mol. The van der Waals surface area contributed by atoms with E-state index in [-0.39, 0.29) is 29.8 Å². The smallest absolute Gasteiger partial charge is 0.224 e. The highest BCUT2D eigenvalue weighted by atomic mass is 35.5. The lowest BCUT2D eigenvalue weighted by Gasteiger charge is -2.37. The van der Waals surface area contributed by atoms with Crippen molar-refractivity contribution in [3.63, 3.8) is 0 Å². The van der Waals surface area contributed by atoms with Gasteiger partial charge in [-0.2, -0.15) is 0 Å². The quantitative estimate of drug-likeness (QED) is 0.889. The van der Waals surface area contributed by atoms with Gasteiger partial charge >= 0.3 is 0 Å². The van der Waals surface area contributed by atoms with Gasteiger partial charge in [-0.25, -0.2) is 0 Å². The molecule has 0 heterocycles. The van der Waals surface area contributed by atoms with Crippen molar-refractivity contribution in [2.45, 2.75) is 44.6 Å². The topological polar surface area (TPSA) is 55.1 Å². The minimum Gasteiger partial charge on any atom is -0.355 e. The molecule has 1 amide bonds. The fourth-order valence-electron chi connectivity index (χ4n) is 2.89. The van der Waals surface area contributed by atoms with Crippen molar-refractivity contribution < 1.29 is 4.79 Å². The van der Waals surface area contributed by atoms with Gasteiger partial charge in [-0.1, -0.05) is 36.6 Å². The summed E-state index contributed by atoms with van der Waals surface area (Å²) in [5.41, 5.74) is 7.06. The zero-order valence-electron chi connectivity index (χ0n) is 12.4. The number of rotatable bonds is 4. The largest absolute Gasteiger partial charge is 0.355 e. The lowest BCUT2D eigenvalue weighted by molar-refractivity contribution is -0.128. The molecule has 5 heteroatoms. The molecule has 1 saturated carbocycles. The van der Waals surface area contributed by atoms with Crippen molar-refractivity contribution in [2.75, 3.05) is 6.54 Å². The number of halogens is 2. The molecule has 3 N–H and O–H groups in total. The lowest BCUT2D eigenvalue weighted by atomic mass is 9.74. The van der Waals surface area contributed by atoms with Crippen molar-refractivity contribution in [3.05, 3.63) is 34.9 Å². The molecule has 2 unspecified atom stereocenters. The van der Waals surface area contributed by atoms with Crippen molar-refractivity contribution in [1.82, 2.24) is 5.32 Å². The Kier molecular flexibility index (Phi) is 6.98. The van der Waals surface area contributed by atoms with Crippen molar-refractivity contribution in [2.24, 2.45) is 11.7 Å². The van der Waals surface area contributed by atoms with Crippen LogP contribution in [0.15, 0.2) is 24.3 Å². The molecule has 2 atom stereocenters. The molecule has 1 aromatic carbocycles. The summed E-state index contributed by atoms with van der Waals surface area (Å²) in [6, 6.07) is 7.72. The molecule has 0 saturated heterocycles. The van der Waals surface area contributed by atoms with Gasteiger partial charge in [-0.05, 0) is 43.9 Å². The summed E-state index contributed by atoms with van der Waals surface area (Å²) in [4.78, 5) is 12.2. The number of hydrogen-bond acceptors (Lipinski definition) is 2. The third-order valence-corrected chi connectivity index (χ3v) is 4.45. The zero-order chi connectivity index (χ0) is 14.6. The second kappa shape index (κ2) is 8.02. The van der Waals surface area contributed by atoms with Crippen LogP contribution >= 0.6 is 24.0 Å². The third-order valence-electron chi connectivity index (χ3n) is 4.20. The van der Waals surface area contributed by atoms with Gasteiger partial charge in [0, 0.05) is 17.1 Å². The zero-order valence-corrected chi connectivity index (χ0v) is 14.0. The van der Waals surface area contributed by atoms with Gasteiger partial charge in [-0.3, -0.25) is 4.79 Å².